The fraction of sp³-hybridized carbons (Fsp3) is 0.364. The average molecular weight is 245 g/mol. The number of nitrogen functional groups attached to an aromatic ring is 1. The molecule has 7 heteroatoms. The first-order valence-electron chi connectivity index (χ1n) is 5.57. The summed E-state index contributed by atoms with van der Waals surface area (Å²) in [5.74, 6) is 6.64. The highest BCUT2D eigenvalue weighted by Crippen LogP contribution is 2.21. The summed E-state index contributed by atoms with van der Waals surface area (Å²) in [7, 11) is 1.89. The summed E-state index contributed by atoms with van der Waals surface area (Å²) in [5, 5.41) is 8.76. The van der Waals surface area contributed by atoms with E-state index in [1.807, 2.05) is 29.5 Å². The maximum absolute atomic E-state index is 8.76. The maximum atomic E-state index is 8.76. The summed E-state index contributed by atoms with van der Waals surface area (Å²) in [6.07, 6.45) is 5.70. The molecule has 0 aliphatic carbocycles. The van der Waals surface area contributed by atoms with Crippen molar-refractivity contribution < 1.29 is 0 Å². The zero-order chi connectivity index (χ0) is 13.1. The molecule has 0 fully saturated rings. The van der Waals surface area contributed by atoms with Crippen LogP contribution < -0.4 is 16.2 Å². The minimum Gasteiger partial charge on any atom is -0.353 e. The number of nitrogens with zero attached hydrogens (tertiary/aromatic N) is 5. The number of hydrazine groups is 1. The van der Waals surface area contributed by atoms with E-state index < -0.39 is 0 Å². The lowest BCUT2D eigenvalue weighted by Gasteiger charge is -2.24. The van der Waals surface area contributed by atoms with Crippen LogP contribution in [-0.4, -0.2) is 27.5 Å². The Morgan fingerprint density at radius 2 is 2.44 bits per heavy atom. The van der Waals surface area contributed by atoms with Gasteiger partial charge in [0.1, 0.15) is 0 Å². The van der Waals surface area contributed by atoms with Gasteiger partial charge in [0, 0.05) is 25.5 Å². The number of anilines is 2. The minimum atomic E-state index is 0.0519. The summed E-state index contributed by atoms with van der Waals surface area (Å²) in [5.41, 5.74) is 3.26. The zero-order valence-electron chi connectivity index (χ0n) is 10.3. The Kier molecular flexibility index (Phi) is 3.30. The molecule has 3 N–H and O–H groups in total. The van der Waals surface area contributed by atoms with Gasteiger partial charge in [0.15, 0.2) is 17.3 Å². The van der Waals surface area contributed by atoms with Crippen molar-refractivity contribution in [2.75, 3.05) is 17.4 Å². The summed E-state index contributed by atoms with van der Waals surface area (Å²) < 4.78 is 1.84. The molecule has 0 amide bonds. The van der Waals surface area contributed by atoms with E-state index in [0.717, 1.165) is 5.65 Å². The van der Waals surface area contributed by atoms with Gasteiger partial charge in [0.2, 0.25) is 0 Å². The number of hydrogen-bond donors (Lipinski definition) is 2. The molecule has 2 aromatic heterocycles. The fourth-order valence-electron chi connectivity index (χ4n) is 1.70. The highest BCUT2D eigenvalue weighted by atomic mass is 15.3. The van der Waals surface area contributed by atoms with Gasteiger partial charge in [0.25, 0.3) is 0 Å². The molecular weight excluding hydrogens is 230 g/mol. The van der Waals surface area contributed by atoms with Crippen LogP contribution in [0.5, 0.6) is 0 Å². The van der Waals surface area contributed by atoms with E-state index >= 15 is 0 Å². The normalized spacial score (nSPS) is 12.1. The van der Waals surface area contributed by atoms with Gasteiger partial charge in [-0.3, -0.25) is 0 Å². The Labute approximate surface area is 105 Å². The second-order valence-corrected chi connectivity index (χ2v) is 4.07. The molecule has 0 saturated heterocycles. The van der Waals surface area contributed by atoms with Crippen molar-refractivity contribution >= 4 is 17.3 Å². The standard InChI is InChI=1S/C11H15N7/c1-8(3-4-12)17(2)11-10-14-5-6-18(10)7-9(15-11)16-13/h5-8,16H,3,13H2,1-2H3. The van der Waals surface area contributed by atoms with Gasteiger partial charge in [-0.05, 0) is 6.92 Å². The highest BCUT2D eigenvalue weighted by Gasteiger charge is 2.16. The van der Waals surface area contributed by atoms with E-state index in [1.54, 1.807) is 12.4 Å². The number of fused-ring (bicyclic) bond motifs is 1. The molecule has 1 unspecified atom stereocenters. The topological polar surface area (TPSA) is 95.3 Å². The van der Waals surface area contributed by atoms with Crippen molar-refractivity contribution in [2.45, 2.75) is 19.4 Å². The first kappa shape index (κ1) is 12.1. The van der Waals surface area contributed by atoms with Crippen LogP contribution >= 0.6 is 0 Å². The Hall–Kier alpha value is -2.33. The molecule has 0 saturated carbocycles. The minimum absolute atomic E-state index is 0.0519. The third-order valence-electron chi connectivity index (χ3n) is 2.89. The fourth-order valence-corrected chi connectivity index (χ4v) is 1.70. The second kappa shape index (κ2) is 4.89. The number of hydrogen-bond acceptors (Lipinski definition) is 6. The summed E-state index contributed by atoms with van der Waals surface area (Å²) >= 11 is 0. The largest absolute Gasteiger partial charge is 0.353 e. The lowest BCUT2D eigenvalue weighted by Crippen LogP contribution is -2.30. The first-order chi connectivity index (χ1) is 8.67. The predicted octanol–water partition coefficient (Wildman–Crippen LogP) is 0.753. The van der Waals surface area contributed by atoms with Crippen LogP contribution in [0.4, 0.5) is 11.6 Å². The molecule has 0 aliphatic heterocycles. The highest BCUT2D eigenvalue weighted by molar-refractivity contribution is 5.66. The van der Waals surface area contributed by atoms with Crippen molar-refractivity contribution in [1.82, 2.24) is 14.4 Å². The van der Waals surface area contributed by atoms with Gasteiger partial charge in [-0.2, -0.15) is 5.26 Å². The molecule has 7 nitrogen and oxygen atoms in total. The molecule has 2 heterocycles. The molecular formula is C11H15N7. The number of nitriles is 1. The Bertz CT molecular complexity index is 583. The van der Waals surface area contributed by atoms with Gasteiger partial charge in [-0.1, -0.05) is 0 Å². The summed E-state index contributed by atoms with van der Waals surface area (Å²) in [4.78, 5) is 10.6. The first-order valence-corrected chi connectivity index (χ1v) is 5.57. The van der Waals surface area contributed by atoms with Gasteiger partial charge in [-0.15, -0.1) is 0 Å². The van der Waals surface area contributed by atoms with Crippen LogP contribution in [0.15, 0.2) is 18.6 Å². The molecule has 0 aliphatic rings. The van der Waals surface area contributed by atoms with Crippen LogP contribution in [-0.2, 0) is 0 Å². The van der Waals surface area contributed by atoms with E-state index in [-0.39, 0.29) is 6.04 Å². The zero-order valence-corrected chi connectivity index (χ0v) is 10.3. The molecule has 0 bridgehead atoms. The number of rotatable bonds is 4. The Morgan fingerprint density at radius 1 is 1.67 bits per heavy atom. The van der Waals surface area contributed by atoms with E-state index in [9.17, 15) is 0 Å². The monoisotopic (exact) mass is 245 g/mol. The second-order valence-electron chi connectivity index (χ2n) is 4.07. The van der Waals surface area contributed by atoms with Crippen LogP contribution in [0.25, 0.3) is 5.65 Å². The SMILES string of the molecule is CC(CC#N)N(C)c1nc(NN)cn2ccnc12. The summed E-state index contributed by atoms with van der Waals surface area (Å²) in [6.45, 7) is 1.97. The van der Waals surface area contributed by atoms with Crippen LogP contribution in [0.3, 0.4) is 0 Å². The van der Waals surface area contributed by atoms with E-state index in [1.165, 1.54) is 0 Å². The third-order valence-corrected chi connectivity index (χ3v) is 2.89. The number of nitrogens with one attached hydrogen (secondary N) is 1. The lowest BCUT2D eigenvalue weighted by molar-refractivity contribution is 0.694. The molecule has 94 valence electrons. The molecule has 18 heavy (non-hydrogen) atoms. The van der Waals surface area contributed by atoms with Crippen LogP contribution in [0.2, 0.25) is 0 Å². The molecule has 0 aromatic carbocycles. The van der Waals surface area contributed by atoms with E-state index in [2.05, 4.69) is 21.5 Å². The summed E-state index contributed by atoms with van der Waals surface area (Å²) in [6, 6.07) is 2.20. The molecule has 0 radical (unpaired) electrons. The lowest BCUT2D eigenvalue weighted by atomic mass is 10.2. The smallest absolute Gasteiger partial charge is 0.180 e. The molecule has 2 aromatic rings. The Morgan fingerprint density at radius 3 is 3.11 bits per heavy atom. The number of aromatic nitrogens is 3. The van der Waals surface area contributed by atoms with Gasteiger partial charge in [-0.25, -0.2) is 15.8 Å². The quantitative estimate of drug-likeness (QED) is 0.609. The third kappa shape index (κ3) is 2.06. The van der Waals surface area contributed by atoms with Crippen molar-refractivity contribution in [3.05, 3.63) is 18.6 Å². The van der Waals surface area contributed by atoms with Gasteiger partial charge >= 0.3 is 0 Å². The van der Waals surface area contributed by atoms with Crippen LogP contribution in [0, 0.1) is 11.3 Å². The van der Waals surface area contributed by atoms with Crippen molar-refractivity contribution in [3.63, 3.8) is 0 Å². The molecule has 1 atom stereocenters. The Balaban J connectivity index is 2.48. The van der Waals surface area contributed by atoms with E-state index in [0.29, 0.717) is 18.1 Å². The van der Waals surface area contributed by atoms with Crippen molar-refractivity contribution in [3.8, 4) is 6.07 Å². The van der Waals surface area contributed by atoms with Crippen molar-refractivity contribution in [1.29, 1.82) is 5.26 Å². The number of imidazole rings is 1. The van der Waals surface area contributed by atoms with Crippen molar-refractivity contribution in [2.24, 2.45) is 5.84 Å². The predicted molar refractivity (Wildman–Crippen MR) is 68.9 cm³/mol. The van der Waals surface area contributed by atoms with Gasteiger partial charge < -0.3 is 14.7 Å². The van der Waals surface area contributed by atoms with Gasteiger partial charge in [0.05, 0.1) is 18.7 Å². The molecule has 2 rings (SSSR count). The molecule has 0 spiro atoms. The van der Waals surface area contributed by atoms with Crippen LogP contribution in [0.1, 0.15) is 13.3 Å². The maximum Gasteiger partial charge on any atom is 0.180 e. The number of nitrogens with two attached hydrogens (primary N) is 1. The van der Waals surface area contributed by atoms with E-state index in [4.69, 9.17) is 11.1 Å². The average Bonchev–Trinajstić information content (AvgIpc) is 2.84.